The standard InChI is InChI=1S/C26H30FN7O2/c1-19-6-5-9-22(20(19)2)30-10-14-32(15-11-30)25-24(34(35)36)26(29-18-28-25)33-16-12-31(13-17-33)23-8-4-3-7-21(23)27/h3-9,18H,10-17H2,1-2H3. The highest BCUT2D eigenvalue weighted by Crippen LogP contribution is 2.36. The van der Waals surface area contributed by atoms with Crippen LogP contribution in [0, 0.1) is 29.8 Å². The average Bonchev–Trinajstić information content (AvgIpc) is 2.90. The molecule has 2 aliphatic rings. The molecular formula is C26H30FN7O2. The van der Waals surface area contributed by atoms with Crippen LogP contribution < -0.4 is 19.6 Å². The Morgan fingerprint density at radius 2 is 1.25 bits per heavy atom. The van der Waals surface area contributed by atoms with Crippen molar-refractivity contribution in [3.63, 3.8) is 0 Å². The van der Waals surface area contributed by atoms with Crippen LogP contribution >= 0.6 is 0 Å². The number of anilines is 4. The van der Waals surface area contributed by atoms with E-state index < -0.39 is 0 Å². The number of rotatable bonds is 5. The highest BCUT2D eigenvalue weighted by molar-refractivity contribution is 5.72. The van der Waals surface area contributed by atoms with Gasteiger partial charge in [0.15, 0.2) is 0 Å². The van der Waals surface area contributed by atoms with Gasteiger partial charge < -0.3 is 19.6 Å². The molecule has 3 heterocycles. The number of hydrogen-bond acceptors (Lipinski definition) is 8. The number of nitro groups is 1. The zero-order chi connectivity index (χ0) is 25.2. The van der Waals surface area contributed by atoms with Gasteiger partial charge >= 0.3 is 5.69 Å². The summed E-state index contributed by atoms with van der Waals surface area (Å²) in [5.74, 6) is 0.429. The van der Waals surface area contributed by atoms with Crippen molar-refractivity contribution in [3.05, 3.63) is 75.9 Å². The van der Waals surface area contributed by atoms with E-state index in [2.05, 4.69) is 46.9 Å². The van der Waals surface area contributed by atoms with Crippen LogP contribution in [0.4, 0.5) is 33.1 Å². The predicted octanol–water partition coefficient (Wildman–Crippen LogP) is 3.79. The fraction of sp³-hybridized carbons (Fsp3) is 0.385. The Kier molecular flexibility index (Phi) is 6.58. The van der Waals surface area contributed by atoms with Gasteiger partial charge in [-0.05, 0) is 43.2 Å². The van der Waals surface area contributed by atoms with Gasteiger partial charge in [0.25, 0.3) is 0 Å². The molecule has 0 spiro atoms. The fourth-order valence-corrected chi connectivity index (χ4v) is 5.09. The first-order chi connectivity index (χ1) is 17.4. The Morgan fingerprint density at radius 3 is 1.81 bits per heavy atom. The first-order valence-electron chi connectivity index (χ1n) is 12.2. The molecule has 0 atom stereocenters. The Balaban J connectivity index is 1.32. The maximum absolute atomic E-state index is 14.2. The van der Waals surface area contributed by atoms with Crippen molar-refractivity contribution < 1.29 is 9.31 Å². The quantitative estimate of drug-likeness (QED) is 0.394. The second kappa shape index (κ2) is 9.96. The number of benzene rings is 2. The highest BCUT2D eigenvalue weighted by Gasteiger charge is 2.33. The molecule has 2 fully saturated rings. The third-order valence-corrected chi connectivity index (χ3v) is 7.23. The third-order valence-electron chi connectivity index (χ3n) is 7.23. The van der Waals surface area contributed by atoms with Crippen molar-refractivity contribution in [2.45, 2.75) is 13.8 Å². The topological polar surface area (TPSA) is 81.9 Å². The summed E-state index contributed by atoms with van der Waals surface area (Å²) in [5.41, 5.74) is 4.21. The number of aryl methyl sites for hydroxylation is 1. The Morgan fingerprint density at radius 1 is 0.750 bits per heavy atom. The number of hydrogen-bond donors (Lipinski definition) is 0. The van der Waals surface area contributed by atoms with Gasteiger partial charge in [-0.15, -0.1) is 0 Å². The van der Waals surface area contributed by atoms with Gasteiger partial charge in [-0.3, -0.25) is 10.1 Å². The first-order valence-corrected chi connectivity index (χ1v) is 12.2. The molecule has 0 unspecified atom stereocenters. The Bertz CT molecular complexity index is 1250. The van der Waals surface area contributed by atoms with E-state index in [0.29, 0.717) is 56.6 Å². The van der Waals surface area contributed by atoms with E-state index in [-0.39, 0.29) is 16.4 Å². The van der Waals surface area contributed by atoms with Gasteiger partial charge in [0, 0.05) is 58.0 Å². The second-order valence-electron chi connectivity index (χ2n) is 9.25. The van der Waals surface area contributed by atoms with Crippen molar-refractivity contribution in [1.29, 1.82) is 0 Å². The third kappa shape index (κ3) is 4.50. The van der Waals surface area contributed by atoms with Crippen molar-refractivity contribution in [2.24, 2.45) is 0 Å². The zero-order valence-corrected chi connectivity index (χ0v) is 20.6. The molecule has 9 nitrogen and oxygen atoms in total. The van der Waals surface area contributed by atoms with Crippen LogP contribution in [0.3, 0.4) is 0 Å². The van der Waals surface area contributed by atoms with Crippen LogP contribution in [0.25, 0.3) is 0 Å². The van der Waals surface area contributed by atoms with E-state index in [1.165, 1.54) is 29.2 Å². The molecule has 0 aliphatic carbocycles. The number of halogens is 1. The Labute approximate surface area is 209 Å². The van der Waals surface area contributed by atoms with E-state index in [9.17, 15) is 14.5 Å². The second-order valence-corrected chi connectivity index (χ2v) is 9.25. The van der Waals surface area contributed by atoms with Gasteiger partial charge in [0.2, 0.25) is 11.6 Å². The summed E-state index contributed by atoms with van der Waals surface area (Å²) in [6.07, 6.45) is 1.41. The van der Waals surface area contributed by atoms with Crippen molar-refractivity contribution in [3.8, 4) is 0 Å². The lowest BCUT2D eigenvalue weighted by molar-refractivity contribution is -0.383. The molecule has 5 rings (SSSR count). The van der Waals surface area contributed by atoms with Crippen LogP contribution in [0.5, 0.6) is 0 Å². The lowest BCUT2D eigenvalue weighted by atomic mass is 10.1. The lowest BCUT2D eigenvalue weighted by Gasteiger charge is -2.38. The molecule has 188 valence electrons. The van der Waals surface area contributed by atoms with E-state index in [4.69, 9.17) is 0 Å². The van der Waals surface area contributed by atoms with Crippen LogP contribution in [-0.4, -0.2) is 67.2 Å². The molecule has 0 saturated carbocycles. The summed E-state index contributed by atoms with van der Waals surface area (Å²) in [5, 5.41) is 12.2. The molecule has 3 aromatic rings. The average molecular weight is 492 g/mol. The molecule has 2 aliphatic heterocycles. The largest absolute Gasteiger partial charge is 0.368 e. The molecule has 2 saturated heterocycles. The van der Waals surface area contributed by atoms with E-state index in [0.717, 1.165) is 13.1 Å². The zero-order valence-electron chi connectivity index (χ0n) is 20.6. The molecular weight excluding hydrogens is 461 g/mol. The number of aromatic nitrogens is 2. The number of piperazine rings is 2. The molecule has 10 heteroatoms. The molecule has 0 amide bonds. The molecule has 1 aromatic heterocycles. The summed E-state index contributed by atoms with van der Waals surface area (Å²) < 4.78 is 14.2. The fourth-order valence-electron chi connectivity index (χ4n) is 5.09. The minimum Gasteiger partial charge on any atom is -0.368 e. The minimum absolute atomic E-state index is 0.0583. The summed E-state index contributed by atoms with van der Waals surface area (Å²) in [4.78, 5) is 28.7. The van der Waals surface area contributed by atoms with Gasteiger partial charge in [-0.2, -0.15) is 0 Å². The summed E-state index contributed by atoms with van der Waals surface area (Å²) in [6.45, 7) is 9.11. The number of nitrogens with zero attached hydrogens (tertiary/aromatic N) is 7. The molecule has 0 N–H and O–H groups in total. The van der Waals surface area contributed by atoms with E-state index >= 15 is 0 Å². The van der Waals surface area contributed by atoms with Gasteiger partial charge in [-0.25, -0.2) is 14.4 Å². The maximum Gasteiger partial charge on any atom is 0.353 e. The van der Waals surface area contributed by atoms with Gasteiger partial charge in [-0.1, -0.05) is 24.3 Å². The summed E-state index contributed by atoms with van der Waals surface area (Å²) in [6, 6.07) is 13.0. The molecule has 2 aromatic carbocycles. The van der Waals surface area contributed by atoms with Crippen molar-refractivity contribution >= 4 is 28.7 Å². The minimum atomic E-state index is -0.370. The van der Waals surface area contributed by atoms with Crippen molar-refractivity contribution in [2.75, 3.05) is 72.0 Å². The van der Waals surface area contributed by atoms with Gasteiger partial charge in [0.1, 0.15) is 12.1 Å². The lowest BCUT2D eigenvalue weighted by Crippen LogP contribution is -2.48. The number of para-hydroxylation sites is 1. The van der Waals surface area contributed by atoms with Crippen molar-refractivity contribution in [1.82, 2.24) is 9.97 Å². The summed E-state index contributed by atoms with van der Waals surface area (Å²) in [7, 11) is 0. The normalized spacial score (nSPS) is 16.4. The highest BCUT2D eigenvalue weighted by atomic mass is 19.1. The predicted molar refractivity (Wildman–Crippen MR) is 140 cm³/mol. The van der Waals surface area contributed by atoms with E-state index in [1.54, 1.807) is 12.1 Å². The maximum atomic E-state index is 14.2. The summed E-state index contributed by atoms with van der Waals surface area (Å²) >= 11 is 0. The monoisotopic (exact) mass is 491 g/mol. The van der Waals surface area contributed by atoms with Crippen LogP contribution in [0.1, 0.15) is 11.1 Å². The SMILES string of the molecule is Cc1cccc(N2CCN(c3ncnc(N4CCN(c5ccccc5F)CC4)c3[N+](=O)[O-])CC2)c1C. The molecule has 0 bridgehead atoms. The first kappa shape index (κ1) is 23.8. The molecule has 36 heavy (non-hydrogen) atoms. The van der Waals surface area contributed by atoms with Crippen LogP contribution in [0.2, 0.25) is 0 Å². The Hall–Kier alpha value is -3.95. The van der Waals surface area contributed by atoms with E-state index in [1.807, 2.05) is 20.8 Å². The van der Waals surface area contributed by atoms with Crippen LogP contribution in [0.15, 0.2) is 48.8 Å². The molecule has 0 radical (unpaired) electrons. The van der Waals surface area contributed by atoms with Gasteiger partial charge in [0.05, 0.1) is 10.6 Å². The smallest absolute Gasteiger partial charge is 0.353 e. The van der Waals surface area contributed by atoms with Crippen LogP contribution in [-0.2, 0) is 0 Å².